The maximum absolute atomic E-state index is 11.8. The zero-order valence-corrected chi connectivity index (χ0v) is 16.1. The first-order valence-electron chi connectivity index (χ1n) is 9.26. The lowest BCUT2D eigenvalue weighted by atomic mass is 9.95. The van der Waals surface area contributed by atoms with Gasteiger partial charge >= 0.3 is 5.97 Å². The molecule has 5 nitrogen and oxygen atoms in total. The predicted molar refractivity (Wildman–Crippen MR) is 103 cm³/mol. The van der Waals surface area contributed by atoms with Crippen molar-refractivity contribution in [2.45, 2.75) is 33.3 Å². The summed E-state index contributed by atoms with van der Waals surface area (Å²) in [6.07, 6.45) is 3.29. The van der Waals surface area contributed by atoms with Crippen LogP contribution in [0.15, 0.2) is 34.7 Å². The number of methoxy groups -OCH3 is 1. The van der Waals surface area contributed by atoms with Crippen LogP contribution in [-0.4, -0.2) is 26.3 Å². The van der Waals surface area contributed by atoms with Gasteiger partial charge in [0, 0.05) is 23.8 Å². The van der Waals surface area contributed by atoms with Gasteiger partial charge < -0.3 is 18.6 Å². The molecule has 0 fully saturated rings. The van der Waals surface area contributed by atoms with Crippen molar-refractivity contribution >= 4 is 17.6 Å². The molecule has 1 heterocycles. The highest BCUT2D eigenvalue weighted by Gasteiger charge is 2.17. The molecule has 0 aliphatic heterocycles. The number of para-hydroxylation sites is 1. The van der Waals surface area contributed by atoms with Gasteiger partial charge in [-0.3, -0.25) is 4.79 Å². The summed E-state index contributed by atoms with van der Waals surface area (Å²) in [5.74, 6) is 1.57. The minimum Gasteiger partial charge on any atom is -0.493 e. The second-order valence-electron chi connectivity index (χ2n) is 6.74. The third kappa shape index (κ3) is 4.80. The van der Waals surface area contributed by atoms with Crippen LogP contribution in [0.5, 0.6) is 5.75 Å². The Morgan fingerprint density at radius 1 is 1.30 bits per heavy atom. The number of rotatable bonds is 8. The van der Waals surface area contributed by atoms with E-state index >= 15 is 0 Å². The maximum Gasteiger partial charge on any atom is 0.310 e. The molecule has 1 atom stereocenters. The average Bonchev–Trinajstić information content (AvgIpc) is 3.05. The van der Waals surface area contributed by atoms with Crippen molar-refractivity contribution in [2.75, 3.05) is 20.3 Å². The second-order valence-corrected chi connectivity index (χ2v) is 6.74. The zero-order chi connectivity index (χ0) is 19.2. The van der Waals surface area contributed by atoms with Gasteiger partial charge in [-0.15, -0.1) is 0 Å². The Hall–Kier alpha value is -2.53. The molecule has 5 heteroatoms. The van der Waals surface area contributed by atoms with Gasteiger partial charge in [-0.25, -0.2) is 0 Å². The standard InChI is InChI=1S/C22H26O5/c1-4-25-21(23)12-17-7-5-6-8-20(17)26-13-16-9-15(2)22-18(10-16)11-19(27-22)14-24-3/h5-8,10-11,16H,4,9,12-14H2,1-3H3. The van der Waals surface area contributed by atoms with Crippen LogP contribution in [0.2, 0.25) is 0 Å². The first kappa shape index (κ1) is 19.2. The zero-order valence-electron chi connectivity index (χ0n) is 16.1. The van der Waals surface area contributed by atoms with Crippen LogP contribution in [0.25, 0.3) is 11.6 Å². The lowest BCUT2D eigenvalue weighted by Gasteiger charge is -2.18. The van der Waals surface area contributed by atoms with Crippen LogP contribution in [0, 0.1) is 5.92 Å². The van der Waals surface area contributed by atoms with Gasteiger partial charge in [0.15, 0.2) is 0 Å². The normalized spacial score (nSPS) is 15.8. The van der Waals surface area contributed by atoms with Crippen molar-refractivity contribution in [3.05, 3.63) is 52.3 Å². The monoisotopic (exact) mass is 370 g/mol. The minimum absolute atomic E-state index is 0.218. The Kier molecular flexibility index (Phi) is 6.35. The van der Waals surface area contributed by atoms with Crippen LogP contribution < -0.4 is 15.4 Å². The Balaban J connectivity index is 1.70. The number of furan rings is 1. The molecule has 1 aliphatic rings. The topological polar surface area (TPSA) is 57.9 Å². The predicted octanol–water partition coefficient (Wildman–Crippen LogP) is 2.58. The third-order valence-electron chi connectivity index (χ3n) is 4.54. The number of esters is 1. The van der Waals surface area contributed by atoms with E-state index in [1.54, 1.807) is 14.0 Å². The van der Waals surface area contributed by atoms with Crippen molar-refractivity contribution in [2.24, 2.45) is 5.92 Å². The first-order chi connectivity index (χ1) is 13.1. The first-order valence-corrected chi connectivity index (χ1v) is 9.26. The molecule has 2 aromatic rings. The van der Waals surface area contributed by atoms with Gasteiger partial charge in [-0.05, 0) is 38.0 Å². The molecule has 0 saturated carbocycles. The van der Waals surface area contributed by atoms with E-state index < -0.39 is 0 Å². The van der Waals surface area contributed by atoms with E-state index in [-0.39, 0.29) is 18.3 Å². The molecular formula is C22H26O5. The summed E-state index contributed by atoms with van der Waals surface area (Å²) in [4.78, 5) is 11.8. The van der Waals surface area contributed by atoms with E-state index in [1.165, 1.54) is 5.57 Å². The van der Waals surface area contributed by atoms with Crippen molar-refractivity contribution < 1.29 is 23.4 Å². The molecule has 0 radical (unpaired) electrons. The van der Waals surface area contributed by atoms with Gasteiger partial charge in [-0.1, -0.05) is 24.3 Å². The second kappa shape index (κ2) is 8.91. The summed E-state index contributed by atoms with van der Waals surface area (Å²) >= 11 is 0. The highest BCUT2D eigenvalue weighted by molar-refractivity contribution is 5.73. The summed E-state index contributed by atoms with van der Waals surface area (Å²) in [6, 6.07) is 9.65. The fraction of sp³-hybridized carbons (Fsp3) is 0.409. The number of benzene rings is 1. The van der Waals surface area contributed by atoms with Crippen molar-refractivity contribution in [1.29, 1.82) is 0 Å². The molecule has 27 heavy (non-hydrogen) atoms. The van der Waals surface area contributed by atoms with Crippen molar-refractivity contribution in [3.8, 4) is 5.75 Å². The molecule has 0 saturated heterocycles. The minimum atomic E-state index is -0.240. The molecular weight excluding hydrogens is 344 g/mol. The van der Waals surface area contributed by atoms with Crippen LogP contribution in [0.4, 0.5) is 0 Å². The van der Waals surface area contributed by atoms with Crippen LogP contribution in [0.1, 0.15) is 31.6 Å². The Morgan fingerprint density at radius 2 is 2.11 bits per heavy atom. The van der Waals surface area contributed by atoms with Gasteiger partial charge in [0.25, 0.3) is 0 Å². The maximum atomic E-state index is 11.8. The lowest BCUT2D eigenvalue weighted by molar-refractivity contribution is -0.142. The fourth-order valence-corrected chi connectivity index (χ4v) is 3.39. The summed E-state index contributed by atoms with van der Waals surface area (Å²) in [5.41, 5.74) is 3.00. The van der Waals surface area contributed by atoms with E-state index in [1.807, 2.05) is 30.3 Å². The molecule has 0 amide bonds. The number of ether oxygens (including phenoxy) is 3. The van der Waals surface area contributed by atoms with Crippen LogP contribution in [-0.2, 0) is 27.3 Å². The van der Waals surface area contributed by atoms with Gasteiger partial charge in [0.1, 0.15) is 23.5 Å². The summed E-state index contributed by atoms with van der Waals surface area (Å²) in [5, 5.41) is 1.10. The van der Waals surface area contributed by atoms with Gasteiger partial charge in [-0.2, -0.15) is 0 Å². The SMILES string of the molecule is CCOC(=O)Cc1ccccc1OCC1C=c2cc(COC)oc2=C(C)C1. The molecule has 144 valence electrons. The van der Waals surface area contributed by atoms with Crippen molar-refractivity contribution in [1.82, 2.24) is 0 Å². The number of hydrogen-bond acceptors (Lipinski definition) is 5. The largest absolute Gasteiger partial charge is 0.493 e. The quantitative estimate of drug-likeness (QED) is 0.669. The third-order valence-corrected chi connectivity index (χ3v) is 4.54. The van der Waals surface area contributed by atoms with Crippen LogP contribution >= 0.6 is 0 Å². The summed E-state index contributed by atoms with van der Waals surface area (Å²) in [7, 11) is 1.66. The molecule has 0 N–H and O–H groups in total. The number of carbonyl (C=O) groups is 1. The highest BCUT2D eigenvalue weighted by atomic mass is 16.5. The Morgan fingerprint density at radius 3 is 2.89 bits per heavy atom. The molecule has 3 rings (SSSR count). The van der Waals surface area contributed by atoms with Crippen LogP contribution in [0.3, 0.4) is 0 Å². The fourth-order valence-electron chi connectivity index (χ4n) is 3.39. The molecule has 1 aliphatic carbocycles. The van der Waals surface area contributed by atoms with E-state index in [9.17, 15) is 4.79 Å². The molecule has 1 unspecified atom stereocenters. The molecule has 1 aromatic heterocycles. The molecule has 1 aromatic carbocycles. The Labute approximate surface area is 159 Å². The number of hydrogen-bond donors (Lipinski definition) is 0. The summed E-state index contributed by atoms with van der Waals surface area (Å²) < 4.78 is 22.1. The lowest BCUT2D eigenvalue weighted by Crippen LogP contribution is -2.29. The summed E-state index contributed by atoms with van der Waals surface area (Å²) in [6.45, 7) is 5.29. The van der Waals surface area contributed by atoms with E-state index in [0.29, 0.717) is 19.8 Å². The smallest absolute Gasteiger partial charge is 0.310 e. The average molecular weight is 370 g/mol. The molecule has 0 bridgehead atoms. The van der Waals surface area contributed by atoms with Crippen molar-refractivity contribution in [3.63, 3.8) is 0 Å². The van der Waals surface area contributed by atoms with E-state index in [4.69, 9.17) is 18.6 Å². The Bertz CT molecular complexity index is 909. The van der Waals surface area contributed by atoms with E-state index in [2.05, 4.69) is 13.0 Å². The number of fused-ring (bicyclic) bond motifs is 1. The number of carbonyl (C=O) groups excluding carboxylic acids is 1. The van der Waals surface area contributed by atoms with Gasteiger partial charge in [0.2, 0.25) is 0 Å². The molecule has 0 spiro atoms. The highest BCUT2D eigenvalue weighted by Crippen LogP contribution is 2.22. The van der Waals surface area contributed by atoms with E-state index in [0.717, 1.165) is 34.1 Å². The van der Waals surface area contributed by atoms with Gasteiger partial charge in [0.05, 0.1) is 19.6 Å².